The first kappa shape index (κ1) is 27.1. The zero-order valence-corrected chi connectivity index (χ0v) is 21.1. The Morgan fingerprint density at radius 3 is 2.44 bits per heavy atom. The molecule has 202 valence electrons. The summed E-state index contributed by atoms with van der Waals surface area (Å²) in [6, 6.07) is 17.8. The Kier molecular flexibility index (Phi) is 8.40. The maximum absolute atomic E-state index is 13.5. The van der Waals surface area contributed by atoms with Crippen LogP contribution in [0.4, 0.5) is 10.5 Å². The number of amides is 2. The number of benzene rings is 3. The van der Waals surface area contributed by atoms with Crippen LogP contribution in [0.2, 0.25) is 0 Å². The molecule has 39 heavy (non-hydrogen) atoms. The van der Waals surface area contributed by atoms with Crippen LogP contribution in [0.5, 0.6) is 5.75 Å². The molecule has 2 amide bonds. The van der Waals surface area contributed by atoms with Crippen molar-refractivity contribution < 1.29 is 33.9 Å². The molecule has 3 aromatic carbocycles. The van der Waals surface area contributed by atoms with Crippen LogP contribution in [0, 0.1) is 10.1 Å². The summed E-state index contributed by atoms with van der Waals surface area (Å²) in [5.74, 6) is -1.77. The number of nitro benzene ring substituents is 1. The van der Waals surface area contributed by atoms with E-state index in [4.69, 9.17) is 9.47 Å². The third-order valence-electron chi connectivity index (χ3n) is 6.50. The van der Waals surface area contributed by atoms with E-state index >= 15 is 0 Å². The van der Waals surface area contributed by atoms with Crippen molar-refractivity contribution in [3.05, 3.63) is 105 Å². The number of fused-ring (bicyclic) bond motifs is 1. The molecule has 0 spiro atoms. The number of hydrogen-bond acceptors (Lipinski definition) is 7. The van der Waals surface area contributed by atoms with Gasteiger partial charge in [0.05, 0.1) is 18.6 Å². The fraction of sp³-hybridized carbons (Fsp3) is 0.250. The Bertz CT molecular complexity index is 1380. The van der Waals surface area contributed by atoms with Gasteiger partial charge < -0.3 is 19.9 Å². The fourth-order valence-corrected chi connectivity index (χ4v) is 4.48. The van der Waals surface area contributed by atoms with Crippen LogP contribution in [0.25, 0.3) is 0 Å². The molecule has 11 nitrogen and oxygen atoms in total. The van der Waals surface area contributed by atoms with Crippen molar-refractivity contribution in [1.82, 2.24) is 10.2 Å². The van der Waals surface area contributed by atoms with Crippen molar-refractivity contribution in [1.29, 1.82) is 0 Å². The Balaban J connectivity index is 1.55. The largest absolute Gasteiger partial charge is 0.496 e. The average molecular weight is 534 g/mol. The van der Waals surface area contributed by atoms with Crippen molar-refractivity contribution >= 4 is 23.7 Å². The van der Waals surface area contributed by atoms with Crippen LogP contribution in [-0.2, 0) is 40.3 Å². The number of rotatable bonds is 9. The predicted molar refractivity (Wildman–Crippen MR) is 139 cm³/mol. The molecule has 0 fully saturated rings. The van der Waals surface area contributed by atoms with Crippen molar-refractivity contribution in [3.63, 3.8) is 0 Å². The standard InChI is InChI=1S/C28H27N3O8/c1-38-25-12-11-22(31(36)37)13-21(25)14-23(27(33)34)29-26(32)24-15-19-9-5-6-10-20(19)16-30(24)28(35)39-17-18-7-3-2-4-8-18/h2-13,23-24H,14-17H2,1H3,(H,29,32)(H,33,34)/t23-,24+/m1/s1. The smallest absolute Gasteiger partial charge is 0.411 e. The van der Waals surface area contributed by atoms with Gasteiger partial charge in [0.2, 0.25) is 5.91 Å². The number of carboxylic acids is 1. The number of carbonyl (C=O) groups excluding carboxylic acids is 2. The number of nitrogens with one attached hydrogen (secondary N) is 1. The lowest BCUT2D eigenvalue weighted by atomic mass is 9.93. The van der Waals surface area contributed by atoms with Gasteiger partial charge >= 0.3 is 12.1 Å². The van der Waals surface area contributed by atoms with E-state index in [1.54, 1.807) is 0 Å². The molecular weight excluding hydrogens is 506 g/mol. The first-order valence-electron chi connectivity index (χ1n) is 12.2. The molecule has 11 heteroatoms. The number of ether oxygens (including phenoxy) is 2. The number of aliphatic carboxylic acids is 1. The van der Waals surface area contributed by atoms with E-state index < -0.39 is 35.0 Å². The zero-order chi connectivity index (χ0) is 27.9. The van der Waals surface area contributed by atoms with Gasteiger partial charge in [-0.25, -0.2) is 9.59 Å². The Labute approximate surface area is 224 Å². The number of methoxy groups -OCH3 is 1. The van der Waals surface area contributed by atoms with Gasteiger partial charge in [-0.3, -0.25) is 19.8 Å². The van der Waals surface area contributed by atoms with Gasteiger partial charge in [0, 0.05) is 30.5 Å². The highest BCUT2D eigenvalue weighted by atomic mass is 16.6. The molecule has 0 saturated carbocycles. The van der Waals surface area contributed by atoms with Crippen LogP contribution < -0.4 is 10.1 Å². The van der Waals surface area contributed by atoms with E-state index in [2.05, 4.69) is 5.32 Å². The third kappa shape index (κ3) is 6.50. The maximum atomic E-state index is 13.5. The average Bonchev–Trinajstić information content (AvgIpc) is 2.95. The molecule has 2 N–H and O–H groups in total. The van der Waals surface area contributed by atoms with Crippen molar-refractivity contribution in [3.8, 4) is 5.75 Å². The highest BCUT2D eigenvalue weighted by molar-refractivity contribution is 5.90. The summed E-state index contributed by atoms with van der Waals surface area (Å²) in [5.41, 5.74) is 2.50. The molecule has 0 aromatic heterocycles. The molecule has 0 unspecified atom stereocenters. The second-order valence-electron chi connectivity index (χ2n) is 9.01. The predicted octanol–water partition coefficient (Wildman–Crippen LogP) is 3.48. The Morgan fingerprint density at radius 1 is 1.08 bits per heavy atom. The summed E-state index contributed by atoms with van der Waals surface area (Å²) in [4.78, 5) is 50.6. The van der Waals surface area contributed by atoms with E-state index in [0.717, 1.165) is 16.7 Å². The maximum Gasteiger partial charge on any atom is 0.411 e. The number of nitrogens with zero attached hydrogens (tertiary/aromatic N) is 2. The second-order valence-corrected chi connectivity index (χ2v) is 9.01. The number of hydrogen-bond donors (Lipinski definition) is 2. The molecule has 0 radical (unpaired) electrons. The van der Waals surface area contributed by atoms with Crippen LogP contribution in [0.15, 0.2) is 72.8 Å². The van der Waals surface area contributed by atoms with Crippen molar-refractivity contribution in [2.24, 2.45) is 0 Å². The van der Waals surface area contributed by atoms with Crippen molar-refractivity contribution in [2.45, 2.75) is 38.1 Å². The fourth-order valence-electron chi connectivity index (χ4n) is 4.48. The third-order valence-corrected chi connectivity index (χ3v) is 6.50. The van der Waals surface area contributed by atoms with Gasteiger partial charge in [0.25, 0.3) is 5.69 Å². The number of non-ortho nitro benzene ring substituents is 1. The van der Waals surface area contributed by atoms with Crippen LogP contribution in [-0.4, -0.2) is 52.1 Å². The van der Waals surface area contributed by atoms with Crippen LogP contribution in [0.3, 0.4) is 0 Å². The SMILES string of the molecule is COc1ccc([N+](=O)[O-])cc1C[C@@H](NC(=O)[C@@H]1Cc2ccccc2CN1C(=O)OCc1ccccc1)C(=O)O. The molecule has 1 aliphatic rings. The minimum atomic E-state index is -1.44. The quantitative estimate of drug-likeness (QED) is 0.314. The van der Waals surface area contributed by atoms with E-state index in [9.17, 15) is 29.6 Å². The number of carboxylic acid groups (broad SMARTS) is 1. The monoisotopic (exact) mass is 533 g/mol. The van der Waals surface area contributed by atoms with Crippen LogP contribution >= 0.6 is 0 Å². The lowest BCUT2D eigenvalue weighted by Crippen LogP contribution is -2.56. The lowest BCUT2D eigenvalue weighted by molar-refractivity contribution is -0.384. The molecule has 0 aliphatic carbocycles. The zero-order valence-electron chi connectivity index (χ0n) is 21.1. The summed E-state index contributed by atoms with van der Waals surface area (Å²) in [7, 11) is 1.36. The number of carbonyl (C=O) groups is 3. The van der Waals surface area contributed by atoms with Gasteiger partial charge in [-0.1, -0.05) is 54.6 Å². The molecule has 0 bridgehead atoms. The molecule has 2 atom stereocenters. The molecule has 1 aliphatic heterocycles. The first-order chi connectivity index (χ1) is 18.8. The Morgan fingerprint density at radius 2 is 1.77 bits per heavy atom. The molecule has 4 rings (SSSR count). The first-order valence-corrected chi connectivity index (χ1v) is 12.2. The van der Waals surface area contributed by atoms with Gasteiger partial charge in [-0.15, -0.1) is 0 Å². The molecule has 0 saturated heterocycles. The molecular formula is C28H27N3O8. The summed E-state index contributed by atoms with van der Waals surface area (Å²) >= 11 is 0. The number of nitro groups is 1. The van der Waals surface area contributed by atoms with E-state index in [1.807, 2.05) is 54.6 Å². The van der Waals surface area contributed by atoms with Gasteiger partial charge in [-0.2, -0.15) is 0 Å². The summed E-state index contributed by atoms with van der Waals surface area (Å²) in [6.45, 7) is 0.120. The van der Waals surface area contributed by atoms with Crippen molar-refractivity contribution in [2.75, 3.05) is 7.11 Å². The minimum Gasteiger partial charge on any atom is -0.496 e. The molecule has 1 heterocycles. The van der Waals surface area contributed by atoms with E-state index in [0.29, 0.717) is 0 Å². The van der Waals surface area contributed by atoms with E-state index in [1.165, 1.54) is 30.2 Å². The van der Waals surface area contributed by atoms with Gasteiger partial charge in [0.15, 0.2) is 0 Å². The minimum absolute atomic E-state index is 0.0104. The lowest BCUT2D eigenvalue weighted by Gasteiger charge is -2.35. The van der Waals surface area contributed by atoms with Gasteiger partial charge in [0.1, 0.15) is 24.4 Å². The molecule has 3 aromatic rings. The van der Waals surface area contributed by atoms with Crippen LogP contribution in [0.1, 0.15) is 22.3 Å². The van der Waals surface area contributed by atoms with Gasteiger partial charge in [-0.05, 0) is 22.8 Å². The topological polar surface area (TPSA) is 148 Å². The van der Waals surface area contributed by atoms with E-state index in [-0.39, 0.29) is 43.0 Å². The summed E-state index contributed by atoms with van der Waals surface area (Å²) in [6.07, 6.45) is -0.816. The summed E-state index contributed by atoms with van der Waals surface area (Å²) < 4.78 is 10.7. The summed E-state index contributed by atoms with van der Waals surface area (Å²) in [5, 5.41) is 23.6. The second kappa shape index (κ2) is 12.1. The Hall–Kier alpha value is -4.93. The highest BCUT2D eigenvalue weighted by Gasteiger charge is 2.37. The highest BCUT2D eigenvalue weighted by Crippen LogP contribution is 2.27. The normalized spacial score (nSPS) is 15.0.